The summed E-state index contributed by atoms with van der Waals surface area (Å²) in [5.74, 6) is 0.656. The molecule has 2 N–H and O–H groups in total. The maximum atomic E-state index is 12.5. The minimum atomic E-state index is -0.290. The number of carbonyl (C=O) groups excluding carboxylic acids is 2. The Morgan fingerprint density at radius 1 is 1.06 bits per heavy atom. The minimum absolute atomic E-state index is 0.0839. The molecule has 3 rings (SSSR count). The summed E-state index contributed by atoms with van der Waals surface area (Å²) < 4.78 is 5.24. The fourth-order valence-corrected chi connectivity index (χ4v) is 3.77. The van der Waals surface area contributed by atoms with E-state index in [2.05, 4.69) is 26.7 Å². The number of thioether (sulfide) groups is 1. The van der Waals surface area contributed by atoms with Crippen molar-refractivity contribution in [2.45, 2.75) is 18.9 Å². The predicted molar refractivity (Wildman–Crippen MR) is 123 cm³/mol. The number of para-hydroxylation sites is 2. The standard InChI is InChI=1S/C23H21N5O3S/c1-14-18(12-24)23(26-15(2)25-14)32-13-21(29)27-17-10-8-16(9-11-17)22(30)28-19-6-4-5-7-20(19)31-3/h4-11H,13H2,1-3H3,(H,27,29)(H,28,30). The number of hydrogen-bond acceptors (Lipinski definition) is 7. The Bertz CT molecular complexity index is 1190. The van der Waals surface area contributed by atoms with E-state index in [0.717, 1.165) is 0 Å². The number of aromatic nitrogens is 2. The Morgan fingerprint density at radius 2 is 1.78 bits per heavy atom. The van der Waals surface area contributed by atoms with E-state index in [0.29, 0.717) is 44.8 Å². The number of rotatable bonds is 7. The van der Waals surface area contributed by atoms with E-state index in [1.165, 1.54) is 18.9 Å². The van der Waals surface area contributed by atoms with Crippen LogP contribution in [0.5, 0.6) is 5.75 Å². The van der Waals surface area contributed by atoms with Crippen molar-refractivity contribution in [2.24, 2.45) is 0 Å². The van der Waals surface area contributed by atoms with Crippen molar-refractivity contribution in [3.05, 3.63) is 71.2 Å². The van der Waals surface area contributed by atoms with Crippen molar-refractivity contribution in [1.82, 2.24) is 9.97 Å². The van der Waals surface area contributed by atoms with Crippen LogP contribution in [-0.2, 0) is 4.79 Å². The zero-order valence-electron chi connectivity index (χ0n) is 17.8. The van der Waals surface area contributed by atoms with E-state index in [1.54, 1.807) is 56.3 Å². The number of aryl methyl sites for hydroxylation is 2. The Balaban J connectivity index is 1.59. The third kappa shape index (κ3) is 5.62. The summed E-state index contributed by atoms with van der Waals surface area (Å²) >= 11 is 1.18. The van der Waals surface area contributed by atoms with Gasteiger partial charge >= 0.3 is 0 Å². The van der Waals surface area contributed by atoms with Gasteiger partial charge in [-0.25, -0.2) is 9.97 Å². The van der Waals surface area contributed by atoms with Gasteiger partial charge in [0.15, 0.2) is 0 Å². The lowest BCUT2D eigenvalue weighted by molar-refractivity contribution is -0.113. The van der Waals surface area contributed by atoms with Gasteiger partial charge in [-0.15, -0.1) is 0 Å². The molecule has 0 saturated carbocycles. The zero-order chi connectivity index (χ0) is 23.1. The van der Waals surface area contributed by atoms with Crippen LogP contribution in [0.4, 0.5) is 11.4 Å². The molecule has 32 heavy (non-hydrogen) atoms. The van der Waals surface area contributed by atoms with Crippen LogP contribution in [0, 0.1) is 25.2 Å². The lowest BCUT2D eigenvalue weighted by Crippen LogP contribution is -2.15. The summed E-state index contributed by atoms with van der Waals surface area (Å²) in [6.45, 7) is 3.48. The molecule has 162 valence electrons. The quantitative estimate of drug-likeness (QED) is 0.416. The zero-order valence-corrected chi connectivity index (χ0v) is 18.6. The lowest BCUT2D eigenvalue weighted by atomic mass is 10.2. The topological polar surface area (TPSA) is 117 Å². The highest BCUT2D eigenvalue weighted by Gasteiger charge is 2.13. The van der Waals surface area contributed by atoms with Crippen molar-refractivity contribution in [1.29, 1.82) is 5.26 Å². The van der Waals surface area contributed by atoms with Crippen molar-refractivity contribution in [3.63, 3.8) is 0 Å². The van der Waals surface area contributed by atoms with Gasteiger partial charge < -0.3 is 15.4 Å². The molecule has 0 radical (unpaired) electrons. The molecule has 9 heteroatoms. The minimum Gasteiger partial charge on any atom is -0.495 e. The van der Waals surface area contributed by atoms with Crippen LogP contribution < -0.4 is 15.4 Å². The predicted octanol–water partition coefficient (Wildman–Crippen LogP) is 3.96. The molecule has 2 aromatic carbocycles. The molecule has 0 saturated heterocycles. The molecule has 0 unspecified atom stereocenters. The van der Waals surface area contributed by atoms with E-state index >= 15 is 0 Å². The lowest BCUT2D eigenvalue weighted by Gasteiger charge is -2.10. The van der Waals surface area contributed by atoms with Gasteiger partial charge in [-0.1, -0.05) is 23.9 Å². The normalized spacial score (nSPS) is 10.2. The van der Waals surface area contributed by atoms with Gasteiger partial charge in [0.1, 0.15) is 28.2 Å². The van der Waals surface area contributed by atoms with Crippen LogP contribution in [0.15, 0.2) is 53.6 Å². The van der Waals surface area contributed by atoms with Gasteiger partial charge in [0.05, 0.1) is 24.2 Å². The highest BCUT2D eigenvalue weighted by Crippen LogP contribution is 2.24. The van der Waals surface area contributed by atoms with Crippen molar-refractivity contribution < 1.29 is 14.3 Å². The average molecular weight is 448 g/mol. The molecule has 0 aliphatic heterocycles. The second kappa shape index (κ2) is 10.4. The summed E-state index contributed by atoms with van der Waals surface area (Å²) in [5, 5.41) is 15.4. The number of nitriles is 1. The number of carbonyl (C=O) groups is 2. The third-order valence-electron chi connectivity index (χ3n) is 4.41. The molecule has 0 aliphatic carbocycles. The molecule has 8 nitrogen and oxygen atoms in total. The number of nitrogens with one attached hydrogen (secondary N) is 2. The monoisotopic (exact) mass is 447 g/mol. The second-order valence-electron chi connectivity index (χ2n) is 6.72. The van der Waals surface area contributed by atoms with Crippen LogP contribution in [0.25, 0.3) is 0 Å². The van der Waals surface area contributed by atoms with Gasteiger partial charge in [0, 0.05) is 11.3 Å². The fraction of sp³-hybridized carbons (Fsp3) is 0.174. The molecular formula is C23H21N5O3S. The molecule has 1 heterocycles. The van der Waals surface area contributed by atoms with Crippen LogP contribution in [-0.4, -0.2) is 34.6 Å². The second-order valence-corrected chi connectivity index (χ2v) is 7.68. The Hall–Kier alpha value is -3.90. The van der Waals surface area contributed by atoms with Crippen LogP contribution in [0.2, 0.25) is 0 Å². The number of amides is 2. The van der Waals surface area contributed by atoms with E-state index in [4.69, 9.17) is 4.74 Å². The van der Waals surface area contributed by atoms with E-state index < -0.39 is 0 Å². The number of nitrogens with zero attached hydrogens (tertiary/aromatic N) is 3. The van der Waals surface area contributed by atoms with Gasteiger partial charge in [-0.3, -0.25) is 9.59 Å². The number of anilines is 2. The summed E-state index contributed by atoms with van der Waals surface area (Å²) in [5.41, 5.74) is 2.53. The highest BCUT2D eigenvalue weighted by molar-refractivity contribution is 8.00. The Morgan fingerprint density at radius 3 is 2.47 bits per heavy atom. The molecule has 0 aliphatic rings. The van der Waals surface area contributed by atoms with E-state index in [9.17, 15) is 14.9 Å². The molecule has 2 amide bonds. The van der Waals surface area contributed by atoms with Crippen molar-refractivity contribution in [3.8, 4) is 11.8 Å². The highest BCUT2D eigenvalue weighted by atomic mass is 32.2. The van der Waals surface area contributed by atoms with Crippen LogP contribution in [0.1, 0.15) is 27.4 Å². The molecule has 0 atom stereocenters. The van der Waals surface area contributed by atoms with Gasteiger partial charge in [-0.05, 0) is 50.2 Å². The fourth-order valence-electron chi connectivity index (χ4n) is 2.89. The molecular weight excluding hydrogens is 426 g/mol. The smallest absolute Gasteiger partial charge is 0.255 e. The van der Waals surface area contributed by atoms with Gasteiger partial charge in [0.25, 0.3) is 5.91 Å². The summed E-state index contributed by atoms with van der Waals surface area (Å²) in [6.07, 6.45) is 0. The maximum Gasteiger partial charge on any atom is 0.255 e. The molecule has 1 aromatic heterocycles. The molecule has 0 fully saturated rings. The molecule has 0 bridgehead atoms. The van der Waals surface area contributed by atoms with Gasteiger partial charge in [-0.2, -0.15) is 5.26 Å². The largest absolute Gasteiger partial charge is 0.495 e. The van der Waals surface area contributed by atoms with Gasteiger partial charge in [0.2, 0.25) is 5.91 Å². The first-order chi connectivity index (χ1) is 15.4. The van der Waals surface area contributed by atoms with E-state index in [1.807, 2.05) is 6.07 Å². The number of methoxy groups -OCH3 is 1. The van der Waals surface area contributed by atoms with Crippen molar-refractivity contribution >= 4 is 35.0 Å². The SMILES string of the molecule is COc1ccccc1NC(=O)c1ccc(NC(=O)CSc2nc(C)nc(C)c2C#N)cc1. The first-order valence-electron chi connectivity index (χ1n) is 9.63. The van der Waals surface area contributed by atoms with Crippen LogP contribution in [0.3, 0.4) is 0 Å². The molecule has 0 spiro atoms. The summed E-state index contributed by atoms with van der Waals surface area (Å²) in [4.78, 5) is 33.3. The Labute approximate surface area is 190 Å². The number of hydrogen-bond donors (Lipinski definition) is 2. The summed E-state index contributed by atoms with van der Waals surface area (Å²) in [6, 6.07) is 15.8. The van der Waals surface area contributed by atoms with Crippen molar-refractivity contribution in [2.75, 3.05) is 23.5 Å². The number of ether oxygens (including phenoxy) is 1. The summed E-state index contributed by atoms with van der Waals surface area (Å²) in [7, 11) is 1.54. The Kier molecular flexibility index (Phi) is 7.41. The van der Waals surface area contributed by atoms with Crippen LogP contribution >= 0.6 is 11.8 Å². The first kappa shape index (κ1) is 22.8. The average Bonchev–Trinajstić information content (AvgIpc) is 2.78. The maximum absolute atomic E-state index is 12.5. The van der Waals surface area contributed by atoms with E-state index in [-0.39, 0.29) is 17.6 Å². The molecule has 3 aromatic rings. The number of benzene rings is 2. The first-order valence-corrected chi connectivity index (χ1v) is 10.6. The third-order valence-corrected chi connectivity index (χ3v) is 5.38.